The molecule has 2 rings (SSSR count). The molecule has 0 bridgehead atoms. The van der Waals surface area contributed by atoms with Gasteiger partial charge < -0.3 is 10.2 Å². The number of fused-ring (bicyclic) bond motifs is 1. The number of anilines is 1. The van der Waals surface area contributed by atoms with Crippen molar-refractivity contribution in [3.8, 4) is 0 Å². The van der Waals surface area contributed by atoms with Crippen LogP contribution in [0.25, 0.3) is 10.8 Å². The Kier molecular flexibility index (Phi) is 5.00. The van der Waals surface area contributed by atoms with Crippen LogP contribution >= 0.6 is 11.6 Å². The van der Waals surface area contributed by atoms with Crippen molar-refractivity contribution in [1.82, 2.24) is 9.88 Å². The van der Waals surface area contributed by atoms with E-state index in [2.05, 4.69) is 29.0 Å². The van der Waals surface area contributed by atoms with Crippen LogP contribution in [0.4, 0.5) is 5.82 Å². The summed E-state index contributed by atoms with van der Waals surface area (Å²) in [5.41, 5.74) is 0. The molecule has 0 saturated carbocycles. The van der Waals surface area contributed by atoms with Crippen molar-refractivity contribution in [3.05, 3.63) is 35.5 Å². The molecule has 0 radical (unpaired) electrons. The summed E-state index contributed by atoms with van der Waals surface area (Å²) >= 11 is 6.06. The van der Waals surface area contributed by atoms with Crippen LogP contribution in [0.1, 0.15) is 13.8 Å². The molecular weight excluding hydrogens is 258 g/mol. The van der Waals surface area contributed by atoms with Crippen molar-refractivity contribution >= 4 is 28.2 Å². The van der Waals surface area contributed by atoms with Crippen LogP contribution in [-0.4, -0.2) is 36.1 Å². The standard InChI is InChI=1S/C15H20ClN3/c1-3-19(4-2)10-9-18-15-14-11-13(16)6-5-12(14)7-8-17-15/h5-8,11H,3-4,9-10H2,1-2H3,(H,17,18). The molecule has 4 heteroatoms. The van der Waals surface area contributed by atoms with Gasteiger partial charge in [-0.15, -0.1) is 0 Å². The van der Waals surface area contributed by atoms with E-state index < -0.39 is 0 Å². The van der Waals surface area contributed by atoms with Crippen molar-refractivity contribution in [3.63, 3.8) is 0 Å². The van der Waals surface area contributed by atoms with E-state index in [1.807, 2.05) is 30.5 Å². The van der Waals surface area contributed by atoms with Crippen LogP contribution in [0.2, 0.25) is 5.02 Å². The van der Waals surface area contributed by atoms with Gasteiger partial charge in [-0.25, -0.2) is 4.98 Å². The van der Waals surface area contributed by atoms with Crippen LogP contribution in [-0.2, 0) is 0 Å². The molecule has 0 aliphatic carbocycles. The first-order valence-corrected chi connectivity index (χ1v) is 7.13. The third-order valence-electron chi connectivity index (χ3n) is 3.34. The Morgan fingerprint density at radius 3 is 2.74 bits per heavy atom. The highest BCUT2D eigenvalue weighted by atomic mass is 35.5. The minimum atomic E-state index is 0.743. The number of rotatable bonds is 6. The van der Waals surface area contributed by atoms with Gasteiger partial charge in [0.2, 0.25) is 0 Å². The summed E-state index contributed by atoms with van der Waals surface area (Å²) in [4.78, 5) is 6.79. The molecule has 0 spiro atoms. The van der Waals surface area contributed by atoms with Crippen molar-refractivity contribution in [1.29, 1.82) is 0 Å². The Morgan fingerprint density at radius 2 is 2.00 bits per heavy atom. The van der Waals surface area contributed by atoms with Gasteiger partial charge in [0.1, 0.15) is 5.82 Å². The molecule has 0 unspecified atom stereocenters. The molecule has 0 saturated heterocycles. The number of nitrogens with zero attached hydrogens (tertiary/aromatic N) is 2. The fourth-order valence-corrected chi connectivity index (χ4v) is 2.33. The summed E-state index contributed by atoms with van der Waals surface area (Å²) in [5, 5.41) is 6.38. The molecule has 0 aliphatic heterocycles. The van der Waals surface area contributed by atoms with Crippen LogP contribution in [0.3, 0.4) is 0 Å². The topological polar surface area (TPSA) is 28.2 Å². The minimum absolute atomic E-state index is 0.743. The Labute approximate surface area is 119 Å². The minimum Gasteiger partial charge on any atom is -0.368 e. The van der Waals surface area contributed by atoms with Gasteiger partial charge in [-0.2, -0.15) is 0 Å². The number of halogens is 1. The first-order valence-electron chi connectivity index (χ1n) is 6.75. The SMILES string of the molecule is CCN(CC)CCNc1nccc2ccc(Cl)cc12. The van der Waals surface area contributed by atoms with E-state index in [-0.39, 0.29) is 0 Å². The lowest BCUT2D eigenvalue weighted by molar-refractivity contribution is 0.316. The second kappa shape index (κ2) is 6.73. The lowest BCUT2D eigenvalue weighted by Crippen LogP contribution is -2.28. The van der Waals surface area contributed by atoms with Gasteiger partial charge in [0, 0.05) is 29.7 Å². The molecule has 1 N–H and O–H groups in total. The molecule has 19 heavy (non-hydrogen) atoms. The van der Waals surface area contributed by atoms with Crippen molar-refractivity contribution in [2.24, 2.45) is 0 Å². The van der Waals surface area contributed by atoms with Crippen molar-refractivity contribution in [2.45, 2.75) is 13.8 Å². The summed E-state index contributed by atoms with van der Waals surface area (Å²) in [5.74, 6) is 0.909. The number of nitrogens with one attached hydrogen (secondary N) is 1. The lowest BCUT2D eigenvalue weighted by atomic mass is 10.1. The van der Waals surface area contributed by atoms with Gasteiger partial charge in [-0.3, -0.25) is 0 Å². The smallest absolute Gasteiger partial charge is 0.133 e. The molecule has 0 fully saturated rings. The average molecular weight is 278 g/mol. The predicted octanol–water partition coefficient (Wildman–Crippen LogP) is 3.64. The molecule has 3 nitrogen and oxygen atoms in total. The first-order chi connectivity index (χ1) is 9.24. The van der Waals surface area contributed by atoms with Crippen LogP contribution in [0, 0.1) is 0 Å². The lowest BCUT2D eigenvalue weighted by Gasteiger charge is -2.18. The second-order valence-electron chi connectivity index (χ2n) is 4.48. The predicted molar refractivity (Wildman–Crippen MR) is 83.0 cm³/mol. The average Bonchev–Trinajstić information content (AvgIpc) is 2.44. The third-order valence-corrected chi connectivity index (χ3v) is 3.58. The highest BCUT2D eigenvalue weighted by Gasteiger charge is 2.04. The maximum Gasteiger partial charge on any atom is 0.133 e. The fraction of sp³-hybridized carbons (Fsp3) is 0.400. The number of pyridine rings is 1. The molecule has 1 aromatic carbocycles. The molecule has 1 heterocycles. The summed E-state index contributed by atoms with van der Waals surface area (Å²) in [6.45, 7) is 8.42. The molecule has 0 atom stereocenters. The normalized spacial score (nSPS) is 11.2. The summed E-state index contributed by atoms with van der Waals surface area (Å²) in [6, 6.07) is 7.89. The van der Waals surface area contributed by atoms with Gasteiger partial charge in [-0.05, 0) is 36.7 Å². The molecule has 1 aromatic heterocycles. The Morgan fingerprint density at radius 1 is 1.21 bits per heavy atom. The van der Waals surface area contributed by atoms with Crippen molar-refractivity contribution < 1.29 is 0 Å². The summed E-state index contributed by atoms with van der Waals surface area (Å²) < 4.78 is 0. The third kappa shape index (κ3) is 3.58. The molecular formula is C15H20ClN3. The van der Waals surface area contributed by atoms with E-state index in [1.165, 1.54) is 0 Å². The van der Waals surface area contributed by atoms with E-state index in [9.17, 15) is 0 Å². The van der Waals surface area contributed by atoms with Gasteiger partial charge in [-0.1, -0.05) is 31.5 Å². The molecule has 0 amide bonds. The van der Waals surface area contributed by atoms with Crippen LogP contribution in [0.15, 0.2) is 30.5 Å². The van der Waals surface area contributed by atoms with Crippen LogP contribution in [0.5, 0.6) is 0 Å². The number of benzene rings is 1. The van der Waals surface area contributed by atoms with E-state index in [0.717, 1.165) is 47.8 Å². The molecule has 2 aromatic rings. The second-order valence-corrected chi connectivity index (χ2v) is 4.92. The Balaban J connectivity index is 2.10. The van der Waals surface area contributed by atoms with Crippen molar-refractivity contribution in [2.75, 3.05) is 31.5 Å². The van der Waals surface area contributed by atoms with E-state index in [4.69, 9.17) is 11.6 Å². The van der Waals surface area contributed by atoms with Gasteiger partial charge in [0.15, 0.2) is 0 Å². The van der Waals surface area contributed by atoms with Crippen LogP contribution < -0.4 is 5.32 Å². The fourth-order valence-electron chi connectivity index (χ4n) is 2.15. The zero-order valence-corrected chi connectivity index (χ0v) is 12.2. The summed E-state index contributed by atoms with van der Waals surface area (Å²) in [7, 11) is 0. The largest absolute Gasteiger partial charge is 0.368 e. The van der Waals surface area contributed by atoms with Gasteiger partial charge in [0.25, 0.3) is 0 Å². The summed E-state index contributed by atoms with van der Waals surface area (Å²) in [6.07, 6.45) is 1.83. The van der Waals surface area contributed by atoms with E-state index in [1.54, 1.807) is 0 Å². The number of hydrogen-bond acceptors (Lipinski definition) is 3. The number of aromatic nitrogens is 1. The van der Waals surface area contributed by atoms with Gasteiger partial charge >= 0.3 is 0 Å². The maximum absolute atomic E-state index is 6.06. The Bertz CT molecular complexity index is 538. The zero-order valence-electron chi connectivity index (χ0n) is 11.5. The zero-order chi connectivity index (χ0) is 13.7. The highest BCUT2D eigenvalue weighted by Crippen LogP contribution is 2.24. The Hall–Kier alpha value is -1.32. The first kappa shape index (κ1) is 14.1. The highest BCUT2D eigenvalue weighted by molar-refractivity contribution is 6.31. The number of hydrogen-bond donors (Lipinski definition) is 1. The molecule has 102 valence electrons. The maximum atomic E-state index is 6.06. The quantitative estimate of drug-likeness (QED) is 0.874. The van der Waals surface area contributed by atoms with E-state index >= 15 is 0 Å². The number of likely N-dealkylation sites (N-methyl/N-ethyl adjacent to an activating group) is 1. The molecule has 0 aliphatic rings. The van der Waals surface area contributed by atoms with Gasteiger partial charge in [0.05, 0.1) is 0 Å². The van der Waals surface area contributed by atoms with E-state index in [0.29, 0.717) is 0 Å². The monoisotopic (exact) mass is 277 g/mol.